The molecule has 4 rings (SSSR count). The number of hydrogen-bond donors (Lipinski definition) is 0. The van der Waals surface area contributed by atoms with Crippen molar-refractivity contribution >= 4 is 32.5 Å². The summed E-state index contributed by atoms with van der Waals surface area (Å²) >= 11 is 1.68. The van der Waals surface area contributed by atoms with Crippen LogP contribution in [0.25, 0.3) is 11.1 Å². The van der Waals surface area contributed by atoms with E-state index in [4.69, 9.17) is 0 Å². The lowest BCUT2D eigenvalue weighted by Gasteiger charge is -2.34. The van der Waals surface area contributed by atoms with Gasteiger partial charge in [-0.1, -0.05) is 60.2 Å². The monoisotopic (exact) mass is 421 g/mol. The van der Waals surface area contributed by atoms with Crippen molar-refractivity contribution in [1.82, 2.24) is 4.31 Å². The van der Waals surface area contributed by atoms with Gasteiger partial charge in [0.2, 0.25) is 10.0 Å². The minimum Gasteiger partial charge on any atom is -0.207 e. The van der Waals surface area contributed by atoms with Crippen molar-refractivity contribution in [2.24, 2.45) is 5.92 Å². The molecule has 5 heteroatoms. The number of hydrogen-bond acceptors (Lipinski definition) is 3. The quantitative estimate of drug-likeness (QED) is 0.512. The highest BCUT2D eigenvalue weighted by molar-refractivity contribution is 7.89. The van der Waals surface area contributed by atoms with E-state index in [2.05, 4.69) is 18.0 Å². The van der Waals surface area contributed by atoms with Crippen LogP contribution in [-0.2, 0) is 10.0 Å². The molecule has 2 heterocycles. The lowest BCUT2D eigenvalue weighted by molar-refractivity contribution is 0.420. The maximum absolute atomic E-state index is 13.4. The Morgan fingerprint density at radius 3 is 2.38 bits per heavy atom. The first-order valence-corrected chi connectivity index (χ1v) is 11.8. The van der Waals surface area contributed by atoms with Crippen LogP contribution in [0.3, 0.4) is 0 Å². The van der Waals surface area contributed by atoms with E-state index < -0.39 is 10.0 Å². The fraction of sp³-hybridized carbons (Fsp3) is 0.167. The van der Waals surface area contributed by atoms with Gasteiger partial charge in [-0.3, -0.25) is 0 Å². The summed E-state index contributed by atoms with van der Waals surface area (Å²) in [5.74, 6) is -0.0715. The lowest BCUT2D eigenvalue weighted by Crippen LogP contribution is -2.40. The molecular weight excluding hydrogens is 398 g/mol. The molecule has 0 fully saturated rings. The average Bonchev–Trinajstić information content (AvgIpc) is 3.28. The molecule has 0 aliphatic carbocycles. The van der Waals surface area contributed by atoms with Crippen LogP contribution in [0, 0.1) is 12.8 Å². The fourth-order valence-corrected chi connectivity index (χ4v) is 6.04. The van der Waals surface area contributed by atoms with Gasteiger partial charge in [-0.05, 0) is 47.2 Å². The van der Waals surface area contributed by atoms with Crippen molar-refractivity contribution in [2.75, 3.05) is 13.1 Å². The van der Waals surface area contributed by atoms with E-state index in [0.29, 0.717) is 18.0 Å². The summed E-state index contributed by atoms with van der Waals surface area (Å²) in [6.07, 6.45) is 1.87. The van der Waals surface area contributed by atoms with Crippen LogP contribution in [0.4, 0.5) is 0 Å². The van der Waals surface area contributed by atoms with Crippen LogP contribution < -0.4 is 0 Å². The summed E-state index contributed by atoms with van der Waals surface area (Å²) in [7, 11) is -3.60. The smallest absolute Gasteiger partial charge is 0.207 e. The number of aryl methyl sites for hydroxylation is 1. The normalized spacial score (nSPS) is 18.0. The van der Waals surface area contributed by atoms with Crippen LogP contribution >= 0.6 is 11.3 Å². The highest BCUT2D eigenvalue weighted by Gasteiger charge is 2.35. The maximum Gasteiger partial charge on any atom is 0.243 e. The third kappa shape index (κ3) is 3.86. The van der Waals surface area contributed by atoms with Crippen LogP contribution in [0.2, 0.25) is 0 Å². The molecule has 0 N–H and O–H groups in total. The largest absolute Gasteiger partial charge is 0.243 e. The molecule has 1 atom stereocenters. The third-order valence-electron chi connectivity index (χ3n) is 5.28. The Kier molecular flexibility index (Phi) is 5.54. The molecule has 1 aromatic heterocycles. The predicted octanol–water partition coefficient (Wildman–Crippen LogP) is 5.47. The van der Waals surface area contributed by atoms with Gasteiger partial charge in [0.25, 0.3) is 0 Å². The number of rotatable bonds is 5. The van der Waals surface area contributed by atoms with E-state index in [1.165, 1.54) is 10.5 Å². The van der Waals surface area contributed by atoms with Crippen molar-refractivity contribution < 1.29 is 8.42 Å². The van der Waals surface area contributed by atoms with Gasteiger partial charge < -0.3 is 0 Å². The summed E-state index contributed by atoms with van der Waals surface area (Å²) in [5.41, 5.74) is 4.31. The average molecular weight is 422 g/mol. The summed E-state index contributed by atoms with van der Waals surface area (Å²) in [6, 6.07) is 21.2. The molecule has 0 spiro atoms. The summed E-state index contributed by atoms with van der Waals surface area (Å²) in [5, 5.41) is 2.06. The highest BCUT2D eigenvalue weighted by atomic mass is 32.2. The van der Waals surface area contributed by atoms with Crippen molar-refractivity contribution in [1.29, 1.82) is 0 Å². The molecule has 148 valence electrons. The van der Waals surface area contributed by atoms with Gasteiger partial charge >= 0.3 is 0 Å². The Balaban J connectivity index is 1.84. The molecule has 1 aliphatic rings. The minimum absolute atomic E-state index is 0.0715. The second-order valence-electron chi connectivity index (χ2n) is 7.19. The fourth-order valence-electron chi connectivity index (χ4n) is 3.74. The standard InChI is InChI=1S/C24H23NO2S2/c1-3-19-16-25(29(26,27)21-13-11-18(2)12-14-21)17-22(20-8-5-4-6-9-20)24(19)23-10-7-15-28-23/h3-15,19H,1,16-17H2,2H3/t19-/m0/s1. The van der Waals surface area contributed by atoms with Crippen LogP contribution in [0.15, 0.2) is 89.7 Å². The Labute approximate surface area is 176 Å². The van der Waals surface area contributed by atoms with E-state index in [9.17, 15) is 8.42 Å². The number of sulfonamides is 1. The first-order valence-electron chi connectivity index (χ1n) is 9.52. The molecule has 0 saturated carbocycles. The van der Waals surface area contributed by atoms with Crippen LogP contribution in [-0.4, -0.2) is 25.8 Å². The Hall–Kier alpha value is -2.47. The van der Waals surface area contributed by atoms with E-state index in [-0.39, 0.29) is 5.92 Å². The molecular formula is C24H23NO2S2. The number of nitrogens with zero attached hydrogens (tertiary/aromatic N) is 1. The zero-order chi connectivity index (χ0) is 20.4. The Morgan fingerprint density at radius 2 is 1.76 bits per heavy atom. The molecule has 0 unspecified atom stereocenters. The molecule has 2 aromatic carbocycles. The number of benzene rings is 2. The highest BCUT2D eigenvalue weighted by Crippen LogP contribution is 2.40. The lowest BCUT2D eigenvalue weighted by atomic mass is 9.86. The number of thiophene rings is 1. The topological polar surface area (TPSA) is 37.4 Å². The molecule has 0 bridgehead atoms. The second kappa shape index (κ2) is 8.11. The summed E-state index contributed by atoms with van der Waals surface area (Å²) in [6.45, 7) is 6.71. The first-order chi connectivity index (χ1) is 14.0. The van der Waals surface area contributed by atoms with E-state index in [0.717, 1.165) is 16.7 Å². The van der Waals surface area contributed by atoms with Crippen molar-refractivity contribution in [3.8, 4) is 0 Å². The Bertz CT molecular complexity index is 1130. The maximum atomic E-state index is 13.4. The van der Waals surface area contributed by atoms with Crippen molar-refractivity contribution in [3.05, 3.63) is 101 Å². The summed E-state index contributed by atoms with van der Waals surface area (Å²) in [4.78, 5) is 1.50. The minimum atomic E-state index is -3.60. The van der Waals surface area contributed by atoms with Gasteiger partial charge in [-0.2, -0.15) is 4.31 Å². The van der Waals surface area contributed by atoms with E-state index in [1.54, 1.807) is 27.8 Å². The Morgan fingerprint density at radius 1 is 1.03 bits per heavy atom. The van der Waals surface area contributed by atoms with Gasteiger partial charge in [-0.25, -0.2) is 8.42 Å². The molecule has 0 amide bonds. The molecule has 3 aromatic rings. The molecule has 0 saturated heterocycles. The summed E-state index contributed by atoms with van der Waals surface area (Å²) < 4.78 is 28.4. The zero-order valence-corrected chi connectivity index (χ0v) is 17.9. The van der Waals surface area contributed by atoms with Crippen molar-refractivity contribution in [3.63, 3.8) is 0 Å². The van der Waals surface area contributed by atoms with Gasteiger partial charge in [0, 0.05) is 23.9 Å². The van der Waals surface area contributed by atoms with Crippen LogP contribution in [0.1, 0.15) is 16.0 Å². The SMILES string of the molecule is C=C[C@H]1CN(S(=O)(=O)c2ccc(C)cc2)CC(c2ccccc2)=C1c1cccs1. The van der Waals surface area contributed by atoms with Gasteiger partial charge in [-0.15, -0.1) is 17.9 Å². The molecule has 3 nitrogen and oxygen atoms in total. The molecule has 1 aliphatic heterocycles. The van der Waals surface area contributed by atoms with Gasteiger partial charge in [0.1, 0.15) is 0 Å². The predicted molar refractivity (Wildman–Crippen MR) is 121 cm³/mol. The second-order valence-corrected chi connectivity index (χ2v) is 10.1. The van der Waals surface area contributed by atoms with Gasteiger partial charge in [0.05, 0.1) is 4.90 Å². The van der Waals surface area contributed by atoms with Gasteiger partial charge in [0.15, 0.2) is 0 Å². The van der Waals surface area contributed by atoms with Crippen molar-refractivity contribution in [2.45, 2.75) is 11.8 Å². The molecule has 29 heavy (non-hydrogen) atoms. The van der Waals surface area contributed by atoms with Crippen LogP contribution in [0.5, 0.6) is 0 Å². The van der Waals surface area contributed by atoms with E-state index in [1.807, 2.05) is 61.5 Å². The van der Waals surface area contributed by atoms with E-state index >= 15 is 0 Å². The third-order valence-corrected chi connectivity index (χ3v) is 8.01. The first kappa shape index (κ1) is 19.8. The zero-order valence-electron chi connectivity index (χ0n) is 16.3. The molecule has 0 radical (unpaired) electrons.